The van der Waals surface area contributed by atoms with Crippen LogP contribution in [0.25, 0.3) is 0 Å². The van der Waals surface area contributed by atoms with Crippen molar-refractivity contribution in [2.24, 2.45) is 0 Å². The van der Waals surface area contributed by atoms with E-state index in [1.807, 2.05) is 0 Å². The molecule has 0 saturated carbocycles. The summed E-state index contributed by atoms with van der Waals surface area (Å²) in [6, 6.07) is 2.92. The van der Waals surface area contributed by atoms with E-state index in [-0.39, 0.29) is 11.3 Å². The number of aromatic nitrogens is 1. The molecule has 0 atom stereocenters. The number of hydrogen-bond donors (Lipinski definition) is 1. The van der Waals surface area contributed by atoms with Crippen LogP contribution >= 0.6 is 0 Å². The molecule has 1 aromatic carbocycles. The minimum atomic E-state index is -0.764. The Bertz CT molecular complexity index is 711. The summed E-state index contributed by atoms with van der Waals surface area (Å²) < 4.78 is 18.0. The van der Waals surface area contributed by atoms with Crippen molar-refractivity contribution >= 4 is 17.3 Å². The van der Waals surface area contributed by atoms with Crippen LogP contribution in [0.3, 0.4) is 0 Å². The average molecular weight is 293 g/mol. The molecule has 0 aliphatic rings. The second-order valence-corrected chi connectivity index (χ2v) is 4.29. The van der Waals surface area contributed by atoms with Gasteiger partial charge in [0.1, 0.15) is 22.8 Å². The summed E-state index contributed by atoms with van der Waals surface area (Å²) in [7, 11) is 0. The number of anilines is 1. The van der Waals surface area contributed by atoms with Crippen LogP contribution in [0.15, 0.2) is 22.7 Å². The fourth-order valence-electron chi connectivity index (χ4n) is 1.90. The van der Waals surface area contributed by atoms with Crippen LogP contribution in [0.1, 0.15) is 28.7 Å². The molecule has 0 aliphatic heterocycles. The average Bonchev–Trinajstić information content (AvgIpc) is 2.81. The minimum Gasteiger partial charge on any atom is -0.361 e. The molecule has 7 nitrogen and oxygen atoms in total. The number of carbonyl (C=O) groups is 1. The minimum absolute atomic E-state index is 0.0888. The molecule has 0 aliphatic carbocycles. The standard InChI is InChI=1S/C13H12FN3O4/c1-3-9-12(7(2)21-16-9)13(18)15-10-5-4-8(14)6-11(10)17(19)20/h4-6H,3H2,1-2H3,(H,15,18). The van der Waals surface area contributed by atoms with Crippen molar-refractivity contribution in [1.29, 1.82) is 0 Å². The molecule has 8 heteroatoms. The van der Waals surface area contributed by atoms with Gasteiger partial charge in [0.25, 0.3) is 11.6 Å². The van der Waals surface area contributed by atoms with Gasteiger partial charge in [0.15, 0.2) is 0 Å². The highest BCUT2D eigenvalue weighted by Crippen LogP contribution is 2.26. The lowest BCUT2D eigenvalue weighted by molar-refractivity contribution is -0.384. The highest BCUT2D eigenvalue weighted by Gasteiger charge is 2.22. The van der Waals surface area contributed by atoms with Gasteiger partial charge in [0, 0.05) is 0 Å². The number of benzene rings is 1. The monoisotopic (exact) mass is 293 g/mol. The van der Waals surface area contributed by atoms with Crippen molar-refractivity contribution < 1.29 is 18.6 Å². The molecule has 0 saturated heterocycles. The van der Waals surface area contributed by atoms with E-state index in [1.54, 1.807) is 13.8 Å². The predicted octanol–water partition coefficient (Wildman–Crippen LogP) is 2.85. The quantitative estimate of drug-likeness (QED) is 0.690. The smallest absolute Gasteiger partial charge is 0.295 e. The van der Waals surface area contributed by atoms with Crippen molar-refractivity contribution in [3.63, 3.8) is 0 Å². The molecule has 0 radical (unpaired) electrons. The molecule has 1 N–H and O–H groups in total. The first kappa shape index (κ1) is 14.6. The van der Waals surface area contributed by atoms with Crippen LogP contribution in [0.2, 0.25) is 0 Å². The zero-order chi connectivity index (χ0) is 15.6. The predicted molar refractivity (Wildman–Crippen MR) is 71.6 cm³/mol. The van der Waals surface area contributed by atoms with Crippen molar-refractivity contribution in [2.45, 2.75) is 20.3 Å². The second kappa shape index (κ2) is 5.70. The molecule has 0 spiro atoms. The first-order valence-corrected chi connectivity index (χ1v) is 6.14. The van der Waals surface area contributed by atoms with Gasteiger partial charge in [-0.3, -0.25) is 14.9 Å². The SMILES string of the molecule is CCc1noc(C)c1C(=O)Nc1ccc(F)cc1[N+](=O)[O-]. The van der Waals surface area contributed by atoms with Crippen LogP contribution in [-0.4, -0.2) is 16.0 Å². The third-order valence-corrected chi connectivity index (χ3v) is 2.90. The van der Waals surface area contributed by atoms with Crippen molar-refractivity contribution in [3.05, 3.63) is 51.1 Å². The van der Waals surface area contributed by atoms with E-state index in [0.717, 1.165) is 18.2 Å². The number of nitro benzene ring substituents is 1. The van der Waals surface area contributed by atoms with Crippen LogP contribution < -0.4 is 5.32 Å². The number of nitrogens with one attached hydrogen (secondary N) is 1. The third-order valence-electron chi connectivity index (χ3n) is 2.90. The van der Waals surface area contributed by atoms with Crippen molar-refractivity contribution in [1.82, 2.24) is 5.16 Å². The van der Waals surface area contributed by atoms with Crippen LogP contribution in [-0.2, 0) is 6.42 Å². The molecule has 1 heterocycles. The van der Waals surface area contributed by atoms with E-state index in [0.29, 0.717) is 17.9 Å². The summed E-state index contributed by atoms with van der Waals surface area (Å²) in [5, 5.41) is 17.0. The Morgan fingerprint density at radius 3 is 2.86 bits per heavy atom. The third kappa shape index (κ3) is 2.88. The highest BCUT2D eigenvalue weighted by molar-refractivity contribution is 6.06. The van der Waals surface area contributed by atoms with Gasteiger partial charge in [-0.25, -0.2) is 4.39 Å². The first-order valence-electron chi connectivity index (χ1n) is 6.14. The van der Waals surface area contributed by atoms with E-state index in [2.05, 4.69) is 10.5 Å². The summed E-state index contributed by atoms with van der Waals surface area (Å²) >= 11 is 0. The molecule has 21 heavy (non-hydrogen) atoms. The maximum atomic E-state index is 13.1. The molecular formula is C13H12FN3O4. The molecule has 0 fully saturated rings. The number of halogens is 1. The number of amides is 1. The van der Waals surface area contributed by atoms with Crippen LogP contribution in [0.4, 0.5) is 15.8 Å². The summed E-state index contributed by atoms with van der Waals surface area (Å²) in [6.45, 7) is 3.37. The molecule has 1 aromatic heterocycles. The number of rotatable bonds is 4. The fourth-order valence-corrected chi connectivity index (χ4v) is 1.90. The Morgan fingerprint density at radius 2 is 2.24 bits per heavy atom. The molecule has 2 rings (SSSR count). The lowest BCUT2D eigenvalue weighted by Gasteiger charge is -2.06. The molecule has 110 valence electrons. The largest absolute Gasteiger partial charge is 0.361 e. The highest BCUT2D eigenvalue weighted by atomic mass is 19.1. The zero-order valence-electron chi connectivity index (χ0n) is 11.3. The lowest BCUT2D eigenvalue weighted by atomic mass is 10.1. The first-order chi connectivity index (χ1) is 9.93. The van der Waals surface area contributed by atoms with E-state index < -0.39 is 22.3 Å². The molecule has 2 aromatic rings. The second-order valence-electron chi connectivity index (χ2n) is 4.29. The number of carbonyl (C=O) groups excluding carboxylic acids is 1. The van der Waals surface area contributed by atoms with E-state index >= 15 is 0 Å². The van der Waals surface area contributed by atoms with Crippen LogP contribution in [0, 0.1) is 22.9 Å². The Hall–Kier alpha value is -2.77. The Morgan fingerprint density at radius 1 is 1.52 bits per heavy atom. The van der Waals surface area contributed by atoms with Gasteiger partial charge in [-0.2, -0.15) is 0 Å². The summed E-state index contributed by atoms with van der Waals surface area (Å²) in [5.41, 5.74) is 0.0791. The van der Waals surface area contributed by atoms with Gasteiger partial charge in [0.05, 0.1) is 16.7 Å². The Labute approximate surface area is 118 Å². The Kier molecular flexibility index (Phi) is 3.97. The van der Waals surface area contributed by atoms with E-state index in [4.69, 9.17) is 4.52 Å². The van der Waals surface area contributed by atoms with E-state index in [9.17, 15) is 19.3 Å². The van der Waals surface area contributed by atoms with Gasteiger partial charge in [0.2, 0.25) is 0 Å². The maximum Gasteiger partial charge on any atom is 0.295 e. The van der Waals surface area contributed by atoms with E-state index in [1.165, 1.54) is 0 Å². The van der Waals surface area contributed by atoms with Gasteiger partial charge in [-0.1, -0.05) is 12.1 Å². The van der Waals surface area contributed by atoms with Gasteiger partial charge in [-0.15, -0.1) is 0 Å². The zero-order valence-corrected chi connectivity index (χ0v) is 11.3. The molecule has 0 bridgehead atoms. The van der Waals surface area contributed by atoms with Crippen molar-refractivity contribution in [2.75, 3.05) is 5.32 Å². The molecule has 0 unspecified atom stereocenters. The van der Waals surface area contributed by atoms with Gasteiger partial charge >= 0.3 is 0 Å². The topological polar surface area (TPSA) is 98.3 Å². The van der Waals surface area contributed by atoms with Crippen LogP contribution in [0.5, 0.6) is 0 Å². The fraction of sp³-hybridized carbons (Fsp3) is 0.231. The maximum absolute atomic E-state index is 13.1. The summed E-state index contributed by atoms with van der Waals surface area (Å²) in [5.74, 6) is -1.02. The van der Waals surface area contributed by atoms with Gasteiger partial charge < -0.3 is 9.84 Å². The van der Waals surface area contributed by atoms with Gasteiger partial charge in [-0.05, 0) is 25.5 Å². The number of hydrogen-bond acceptors (Lipinski definition) is 5. The lowest BCUT2D eigenvalue weighted by Crippen LogP contribution is -2.15. The summed E-state index contributed by atoms with van der Waals surface area (Å²) in [6.07, 6.45) is 0.478. The molecule has 1 amide bonds. The number of nitrogens with zero attached hydrogens (tertiary/aromatic N) is 2. The normalized spacial score (nSPS) is 10.4. The molecular weight excluding hydrogens is 281 g/mol. The van der Waals surface area contributed by atoms with Crippen molar-refractivity contribution in [3.8, 4) is 0 Å². The Balaban J connectivity index is 2.36. The number of aryl methyl sites for hydroxylation is 2. The summed E-state index contributed by atoms with van der Waals surface area (Å²) in [4.78, 5) is 22.3. The number of nitro groups is 1.